The summed E-state index contributed by atoms with van der Waals surface area (Å²) < 4.78 is 18.8. The predicted molar refractivity (Wildman–Crippen MR) is 79.2 cm³/mol. The van der Waals surface area contributed by atoms with E-state index in [1.807, 2.05) is 19.1 Å². The van der Waals surface area contributed by atoms with Gasteiger partial charge >= 0.3 is 0 Å². The molecule has 0 fully saturated rings. The minimum atomic E-state index is -0.258. The molecular weight excluding hydrogens is 309 g/mol. The highest BCUT2D eigenvalue weighted by atomic mass is 79.9. The number of benzene rings is 2. The highest BCUT2D eigenvalue weighted by molar-refractivity contribution is 9.10. The molecule has 2 aromatic carbocycles. The summed E-state index contributed by atoms with van der Waals surface area (Å²) in [7, 11) is 1.66. The average Bonchev–Trinajstić information content (AvgIpc) is 2.40. The van der Waals surface area contributed by atoms with Gasteiger partial charge in [0, 0.05) is 12.2 Å². The minimum absolute atomic E-state index is 0.258. The zero-order valence-electron chi connectivity index (χ0n) is 10.8. The maximum atomic E-state index is 13.1. The van der Waals surface area contributed by atoms with Crippen LogP contribution in [0.2, 0.25) is 0 Å². The Labute approximate surface area is 120 Å². The Kier molecular flexibility index (Phi) is 4.43. The number of nitrogens with one attached hydrogen (secondary N) is 1. The van der Waals surface area contributed by atoms with Crippen LogP contribution >= 0.6 is 15.9 Å². The Morgan fingerprint density at radius 3 is 2.63 bits per heavy atom. The van der Waals surface area contributed by atoms with Gasteiger partial charge in [-0.25, -0.2) is 4.39 Å². The third-order valence-corrected chi connectivity index (χ3v) is 3.48. The van der Waals surface area contributed by atoms with Crippen LogP contribution in [0, 0.1) is 12.7 Å². The van der Waals surface area contributed by atoms with Crippen molar-refractivity contribution in [1.82, 2.24) is 0 Å². The normalized spacial score (nSPS) is 10.3. The first kappa shape index (κ1) is 13.9. The molecule has 2 nitrogen and oxygen atoms in total. The van der Waals surface area contributed by atoms with E-state index in [1.165, 1.54) is 6.07 Å². The summed E-state index contributed by atoms with van der Waals surface area (Å²) in [5.74, 6) is 0.624. The van der Waals surface area contributed by atoms with Crippen molar-refractivity contribution in [3.05, 3.63) is 57.8 Å². The maximum Gasteiger partial charge on any atom is 0.137 e. The lowest BCUT2D eigenvalue weighted by molar-refractivity contribution is 0.411. The topological polar surface area (TPSA) is 21.3 Å². The van der Waals surface area contributed by atoms with Gasteiger partial charge in [0.15, 0.2) is 0 Å². The van der Waals surface area contributed by atoms with E-state index in [9.17, 15) is 4.39 Å². The molecule has 0 radical (unpaired) electrons. The summed E-state index contributed by atoms with van der Waals surface area (Å²) in [5.41, 5.74) is 3.13. The fraction of sp³-hybridized carbons (Fsp3) is 0.200. The molecule has 0 bridgehead atoms. The van der Waals surface area contributed by atoms with E-state index in [0.717, 1.165) is 22.6 Å². The van der Waals surface area contributed by atoms with Gasteiger partial charge in [0.2, 0.25) is 0 Å². The summed E-state index contributed by atoms with van der Waals surface area (Å²) in [4.78, 5) is 0. The first-order chi connectivity index (χ1) is 9.10. The SMILES string of the molecule is COc1ccc(CNc2ccc(F)c(Br)c2)cc1C. The molecule has 0 atom stereocenters. The van der Waals surface area contributed by atoms with Crippen molar-refractivity contribution < 1.29 is 9.13 Å². The minimum Gasteiger partial charge on any atom is -0.496 e. The van der Waals surface area contributed by atoms with E-state index >= 15 is 0 Å². The molecular formula is C15H15BrFNO. The molecule has 0 aliphatic rings. The van der Waals surface area contributed by atoms with Gasteiger partial charge in [-0.2, -0.15) is 0 Å². The lowest BCUT2D eigenvalue weighted by atomic mass is 10.1. The Morgan fingerprint density at radius 2 is 2.00 bits per heavy atom. The van der Waals surface area contributed by atoms with Gasteiger partial charge in [-0.3, -0.25) is 0 Å². The Bertz CT molecular complexity index is 586. The van der Waals surface area contributed by atoms with Crippen LogP contribution in [0.3, 0.4) is 0 Å². The second-order valence-corrected chi connectivity index (χ2v) is 5.14. The highest BCUT2D eigenvalue weighted by Gasteiger charge is 2.02. The van der Waals surface area contributed by atoms with E-state index in [4.69, 9.17) is 4.74 Å². The fourth-order valence-electron chi connectivity index (χ4n) is 1.86. The molecule has 0 saturated heterocycles. The molecule has 0 aliphatic carbocycles. The van der Waals surface area contributed by atoms with Gasteiger partial charge in [-0.05, 0) is 58.2 Å². The molecule has 0 saturated carbocycles. The molecule has 4 heteroatoms. The van der Waals surface area contributed by atoms with Crippen LogP contribution in [-0.2, 0) is 6.54 Å². The Balaban J connectivity index is 2.05. The summed E-state index contributed by atoms with van der Waals surface area (Å²) in [6.07, 6.45) is 0. The number of anilines is 1. The first-order valence-corrected chi connectivity index (χ1v) is 6.72. The Hall–Kier alpha value is -1.55. The quantitative estimate of drug-likeness (QED) is 0.893. The molecule has 0 heterocycles. The van der Waals surface area contributed by atoms with Crippen molar-refractivity contribution in [3.63, 3.8) is 0 Å². The van der Waals surface area contributed by atoms with E-state index in [-0.39, 0.29) is 5.82 Å². The fourth-order valence-corrected chi connectivity index (χ4v) is 2.24. The lowest BCUT2D eigenvalue weighted by Gasteiger charge is -2.10. The third-order valence-electron chi connectivity index (χ3n) is 2.88. The monoisotopic (exact) mass is 323 g/mol. The van der Waals surface area contributed by atoms with Gasteiger partial charge in [-0.15, -0.1) is 0 Å². The van der Waals surface area contributed by atoms with Crippen LogP contribution < -0.4 is 10.1 Å². The van der Waals surface area contributed by atoms with Crippen LogP contribution in [0.5, 0.6) is 5.75 Å². The lowest BCUT2D eigenvalue weighted by Crippen LogP contribution is -2.00. The second-order valence-electron chi connectivity index (χ2n) is 4.29. The third kappa shape index (κ3) is 3.47. The largest absolute Gasteiger partial charge is 0.496 e. The smallest absolute Gasteiger partial charge is 0.137 e. The van der Waals surface area contributed by atoms with Gasteiger partial charge in [0.25, 0.3) is 0 Å². The van der Waals surface area contributed by atoms with Gasteiger partial charge in [0.1, 0.15) is 11.6 Å². The zero-order chi connectivity index (χ0) is 13.8. The number of methoxy groups -OCH3 is 1. The van der Waals surface area contributed by atoms with E-state index in [0.29, 0.717) is 11.0 Å². The molecule has 0 aromatic heterocycles. The summed E-state index contributed by atoms with van der Waals surface area (Å²) in [6, 6.07) is 10.9. The van der Waals surface area contributed by atoms with Gasteiger partial charge in [0.05, 0.1) is 11.6 Å². The number of aryl methyl sites for hydroxylation is 1. The zero-order valence-corrected chi connectivity index (χ0v) is 12.4. The summed E-state index contributed by atoms with van der Waals surface area (Å²) in [5, 5.41) is 3.26. The van der Waals surface area contributed by atoms with Gasteiger partial charge < -0.3 is 10.1 Å². The van der Waals surface area contributed by atoms with Crippen LogP contribution in [-0.4, -0.2) is 7.11 Å². The molecule has 100 valence electrons. The van der Waals surface area contributed by atoms with Crippen molar-refractivity contribution >= 4 is 21.6 Å². The van der Waals surface area contributed by atoms with Crippen molar-refractivity contribution in [2.75, 3.05) is 12.4 Å². The Morgan fingerprint density at radius 1 is 1.21 bits per heavy atom. The van der Waals surface area contributed by atoms with Crippen molar-refractivity contribution in [3.8, 4) is 5.75 Å². The predicted octanol–water partition coefficient (Wildman–Crippen LogP) is 4.52. The molecule has 19 heavy (non-hydrogen) atoms. The molecule has 1 N–H and O–H groups in total. The van der Waals surface area contributed by atoms with Crippen LogP contribution in [0.15, 0.2) is 40.9 Å². The van der Waals surface area contributed by atoms with E-state index in [1.54, 1.807) is 19.2 Å². The van der Waals surface area contributed by atoms with Crippen molar-refractivity contribution in [1.29, 1.82) is 0 Å². The molecule has 2 aromatic rings. The molecule has 0 aliphatic heterocycles. The highest BCUT2D eigenvalue weighted by Crippen LogP contribution is 2.22. The summed E-state index contributed by atoms with van der Waals surface area (Å²) >= 11 is 3.17. The number of rotatable bonds is 4. The van der Waals surface area contributed by atoms with E-state index in [2.05, 4.69) is 27.3 Å². The average molecular weight is 324 g/mol. The van der Waals surface area contributed by atoms with Crippen LogP contribution in [0.4, 0.5) is 10.1 Å². The first-order valence-electron chi connectivity index (χ1n) is 5.92. The van der Waals surface area contributed by atoms with Crippen LogP contribution in [0.1, 0.15) is 11.1 Å². The number of halogens is 2. The molecule has 0 spiro atoms. The molecule has 0 amide bonds. The maximum absolute atomic E-state index is 13.1. The number of hydrogen-bond acceptors (Lipinski definition) is 2. The van der Waals surface area contributed by atoms with Gasteiger partial charge in [-0.1, -0.05) is 12.1 Å². The molecule has 0 unspecified atom stereocenters. The van der Waals surface area contributed by atoms with E-state index < -0.39 is 0 Å². The second kappa shape index (κ2) is 6.06. The van der Waals surface area contributed by atoms with Crippen molar-refractivity contribution in [2.45, 2.75) is 13.5 Å². The molecule has 2 rings (SSSR count). The van der Waals surface area contributed by atoms with Crippen molar-refractivity contribution in [2.24, 2.45) is 0 Å². The summed E-state index contributed by atoms with van der Waals surface area (Å²) in [6.45, 7) is 2.69. The number of hydrogen-bond donors (Lipinski definition) is 1. The van der Waals surface area contributed by atoms with Crippen LogP contribution in [0.25, 0.3) is 0 Å². The standard InChI is InChI=1S/C15H15BrFNO/c1-10-7-11(3-6-15(10)19-2)9-18-12-4-5-14(17)13(16)8-12/h3-8,18H,9H2,1-2H3. The number of ether oxygens (including phenoxy) is 1.